The molecule has 0 spiro atoms. The molecule has 0 saturated carbocycles. The number of likely N-dealkylation sites (tertiary alicyclic amines) is 1. The largest absolute Gasteiger partial charge is 0.508 e. The van der Waals surface area contributed by atoms with E-state index in [4.69, 9.17) is 14.5 Å². The number of nitrogens with one attached hydrogen (secondary N) is 1. The molecule has 0 bridgehead atoms. The highest BCUT2D eigenvalue weighted by Gasteiger charge is 2.36. The summed E-state index contributed by atoms with van der Waals surface area (Å²) in [6.45, 7) is 6.80. The van der Waals surface area contributed by atoms with Crippen LogP contribution >= 0.6 is 0 Å². The number of amides is 1. The van der Waals surface area contributed by atoms with Gasteiger partial charge in [0.05, 0.1) is 11.7 Å². The SMILES string of the molecule is CC(C)(C)OC(=O)N1CCCC1c1nc2c([nH]1)CCc1c-2ccc2c1OCc1cc(O)ccc1-2. The summed E-state index contributed by atoms with van der Waals surface area (Å²) in [7, 11) is 0. The third kappa shape index (κ3) is 3.42. The number of H-pyrrole nitrogens is 1. The quantitative estimate of drug-likeness (QED) is 0.501. The number of carbonyl (C=O) groups excluding carboxylic acids is 1. The van der Waals surface area contributed by atoms with E-state index in [0.29, 0.717) is 13.2 Å². The van der Waals surface area contributed by atoms with Crippen LogP contribution in [0.2, 0.25) is 0 Å². The smallest absolute Gasteiger partial charge is 0.410 e. The second kappa shape index (κ2) is 7.52. The molecule has 1 aliphatic carbocycles. The normalized spacial score (nSPS) is 18.4. The highest BCUT2D eigenvalue weighted by atomic mass is 16.6. The lowest BCUT2D eigenvalue weighted by molar-refractivity contribution is 0.0218. The van der Waals surface area contributed by atoms with Crippen molar-refractivity contribution in [1.29, 1.82) is 0 Å². The second-order valence-corrected chi connectivity index (χ2v) is 10.4. The lowest BCUT2D eigenvalue weighted by Crippen LogP contribution is -2.36. The molecule has 1 saturated heterocycles. The van der Waals surface area contributed by atoms with E-state index < -0.39 is 5.60 Å². The number of aromatic amines is 1. The summed E-state index contributed by atoms with van der Waals surface area (Å²) in [5.74, 6) is 2.01. The number of rotatable bonds is 1. The first kappa shape index (κ1) is 21.1. The fraction of sp³-hybridized carbons (Fsp3) is 0.407. The maximum absolute atomic E-state index is 12.8. The zero-order valence-corrected chi connectivity index (χ0v) is 19.8. The molecule has 2 aliphatic heterocycles. The summed E-state index contributed by atoms with van der Waals surface area (Å²) >= 11 is 0. The van der Waals surface area contributed by atoms with Gasteiger partial charge in [-0.2, -0.15) is 0 Å². The van der Waals surface area contributed by atoms with E-state index in [9.17, 15) is 9.90 Å². The molecule has 6 rings (SSSR count). The van der Waals surface area contributed by atoms with Crippen molar-refractivity contribution in [3.05, 3.63) is 53.0 Å². The standard InChI is InChI=1S/C27H29N3O4/c1-27(2,3)34-26(32)30-12-4-5-22(30)25-28-21-11-10-20-18(23(21)29-25)8-9-19-17-7-6-16(31)13-15(17)14-33-24(19)20/h6-9,13,22,31H,4-5,10-12,14H2,1-3H3,(H,28,29). The van der Waals surface area contributed by atoms with Crippen LogP contribution in [0.5, 0.6) is 11.5 Å². The van der Waals surface area contributed by atoms with Gasteiger partial charge in [-0.1, -0.05) is 12.1 Å². The van der Waals surface area contributed by atoms with E-state index in [2.05, 4.69) is 17.1 Å². The number of aromatic hydroxyl groups is 1. The zero-order valence-electron chi connectivity index (χ0n) is 19.8. The van der Waals surface area contributed by atoms with E-state index in [0.717, 1.165) is 70.9 Å². The monoisotopic (exact) mass is 459 g/mol. The number of aryl methyl sites for hydroxylation is 1. The number of fused-ring (bicyclic) bond motifs is 7. The van der Waals surface area contributed by atoms with Crippen LogP contribution in [-0.4, -0.2) is 38.2 Å². The number of aromatic nitrogens is 2. The Kier molecular flexibility index (Phi) is 4.66. The van der Waals surface area contributed by atoms with Gasteiger partial charge in [0.15, 0.2) is 0 Å². The number of carbonyl (C=O) groups is 1. The molecule has 1 atom stereocenters. The summed E-state index contributed by atoms with van der Waals surface area (Å²) in [6.07, 6.45) is 3.23. The van der Waals surface area contributed by atoms with Crippen molar-refractivity contribution in [3.63, 3.8) is 0 Å². The zero-order chi connectivity index (χ0) is 23.6. The molecule has 0 radical (unpaired) electrons. The molecule has 3 aliphatic rings. The molecule has 176 valence electrons. The highest BCUT2D eigenvalue weighted by molar-refractivity contribution is 5.83. The number of phenols is 1. The van der Waals surface area contributed by atoms with Gasteiger partial charge in [-0.3, -0.25) is 4.90 Å². The molecule has 2 N–H and O–H groups in total. The first-order chi connectivity index (χ1) is 16.3. The Balaban J connectivity index is 1.35. The fourth-order valence-corrected chi connectivity index (χ4v) is 5.42. The van der Waals surface area contributed by atoms with Gasteiger partial charge in [-0.25, -0.2) is 9.78 Å². The van der Waals surface area contributed by atoms with E-state index in [1.807, 2.05) is 26.8 Å². The average Bonchev–Trinajstić information content (AvgIpc) is 3.44. The lowest BCUT2D eigenvalue weighted by Gasteiger charge is -2.27. The van der Waals surface area contributed by atoms with Gasteiger partial charge < -0.3 is 19.6 Å². The molecule has 7 nitrogen and oxygen atoms in total. The number of nitrogens with zero attached hydrogens (tertiary/aromatic N) is 2. The summed E-state index contributed by atoms with van der Waals surface area (Å²) in [5.41, 5.74) is 6.97. The first-order valence-corrected chi connectivity index (χ1v) is 12.0. The number of phenolic OH excluding ortho intramolecular Hbond substituents is 1. The Labute approximate surface area is 198 Å². The van der Waals surface area contributed by atoms with Gasteiger partial charge in [-0.05, 0) is 70.2 Å². The van der Waals surface area contributed by atoms with E-state index in [1.165, 1.54) is 5.56 Å². The Morgan fingerprint density at radius 3 is 2.79 bits per heavy atom. The average molecular weight is 460 g/mol. The maximum Gasteiger partial charge on any atom is 0.410 e. The van der Waals surface area contributed by atoms with Crippen molar-refractivity contribution in [3.8, 4) is 33.9 Å². The van der Waals surface area contributed by atoms with Crippen molar-refractivity contribution >= 4 is 6.09 Å². The van der Waals surface area contributed by atoms with Gasteiger partial charge in [0.25, 0.3) is 0 Å². The summed E-state index contributed by atoms with van der Waals surface area (Å²) < 4.78 is 11.8. The van der Waals surface area contributed by atoms with Crippen molar-refractivity contribution in [2.24, 2.45) is 0 Å². The minimum absolute atomic E-state index is 0.0997. The topological polar surface area (TPSA) is 87.7 Å². The first-order valence-electron chi connectivity index (χ1n) is 12.0. The molecule has 3 heterocycles. The molecular weight excluding hydrogens is 430 g/mol. The number of ether oxygens (including phenoxy) is 2. The number of imidazole rings is 1. The molecule has 2 aromatic carbocycles. The number of hydrogen-bond acceptors (Lipinski definition) is 5. The molecular formula is C27H29N3O4. The van der Waals surface area contributed by atoms with E-state index >= 15 is 0 Å². The van der Waals surface area contributed by atoms with E-state index in [1.54, 1.807) is 17.0 Å². The van der Waals surface area contributed by atoms with Gasteiger partial charge >= 0.3 is 6.09 Å². The Bertz CT molecular complexity index is 1300. The Morgan fingerprint density at radius 1 is 1.18 bits per heavy atom. The van der Waals surface area contributed by atoms with Gasteiger partial charge in [0, 0.05) is 34.5 Å². The van der Waals surface area contributed by atoms with Gasteiger partial charge in [-0.15, -0.1) is 0 Å². The molecule has 34 heavy (non-hydrogen) atoms. The number of benzene rings is 2. The highest BCUT2D eigenvalue weighted by Crippen LogP contribution is 2.47. The minimum Gasteiger partial charge on any atom is -0.508 e. The summed E-state index contributed by atoms with van der Waals surface area (Å²) in [6, 6.07) is 9.58. The lowest BCUT2D eigenvalue weighted by atomic mass is 9.86. The Hall–Kier alpha value is -3.48. The Morgan fingerprint density at radius 2 is 1.97 bits per heavy atom. The van der Waals surface area contributed by atoms with Crippen LogP contribution in [0.15, 0.2) is 30.3 Å². The number of hydrogen-bond donors (Lipinski definition) is 2. The third-order valence-corrected chi connectivity index (χ3v) is 6.89. The molecule has 7 heteroatoms. The van der Waals surface area contributed by atoms with E-state index in [-0.39, 0.29) is 17.9 Å². The van der Waals surface area contributed by atoms with Crippen LogP contribution in [0, 0.1) is 0 Å². The van der Waals surface area contributed by atoms with Crippen LogP contribution < -0.4 is 4.74 Å². The summed E-state index contributed by atoms with van der Waals surface area (Å²) in [4.78, 5) is 23.2. The minimum atomic E-state index is -0.526. The molecule has 3 aromatic rings. The predicted molar refractivity (Wildman–Crippen MR) is 128 cm³/mol. The maximum atomic E-state index is 12.8. The van der Waals surface area contributed by atoms with Crippen molar-refractivity contribution in [1.82, 2.24) is 14.9 Å². The fourth-order valence-electron chi connectivity index (χ4n) is 5.42. The van der Waals surface area contributed by atoms with Crippen molar-refractivity contribution in [2.75, 3.05) is 6.54 Å². The van der Waals surface area contributed by atoms with Crippen LogP contribution in [0.3, 0.4) is 0 Å². The van der Waals surface area contributed by atoms with Gasteiger partial charge in [0.1, 0.15) is 29.5 Å². The van der Waals surface area contributed by atoms with Crippen LogP contribution in [0.25, 0.3) is 22.4 Å². The van der Waals surface area contributed by atoms with Crippen LogP contribution in [-0.2, 0) is 24.2 Å². The molecule has 1 fully saturated rings. The van der Waals surface area contributed by atoms with Crippen molar-refractivity contribution < 1.29 is 19.4 Å². The molecule has 1 amide bonds. The van der Waals surface area contributed by atoms with Crippen LogP contribution in [0.1, 0.15) is 62.3 Å². The molecule has 1 unspecified atom stereocenters. The third-order valence-electron chi connectivity index (χ3n) is 6.89. The van der Waals surface area contributed by atoms with Crippen molar-refractivity contribution in [2.45, 2.75) is 64.7 Å². The summed E-state index contributed by atoms with van der Waals surface area (Å²) in [5, 5.41) is 9.84. The van der Waals surface area contributed by atoms with Crippen LogP contribution in [0.4, 0.5) is 4.79 Å². The van der Waals surface area contributed by atoms with Gasteiger partial charge in [0.2, 0.25) is 0 Å². The molecule has 1 aromatic heterocycles. The second-order valence-electron chi connectivity index (χ2n) is 10.4. The predicted octanol–water partition coefficient (Wildman–Crippen LogP) is 5.51.